The van der Waals surface area contributed by atoms with Crippen molar-refractivity contribution >= 4 is 23.7 Å². The van der Waals surface area contributed by atoms with Crippen LogP contribution in [0.5, 0.6) is 0 Å². The summed E-state index contributed by atoms with van der Waals surface area (Å²) in [7, 11) is 3.81. The highest BCUT2D eigenvalue weighted by molar-refractivity contribution is 7.99. The van der Waals surface area contributed by atoms with Gasteiger partial charge in [-0.25, -0.2) is 0 Å². The Morgan fingerprint density at radius 2 is 2.06 bits per heavy atom. The molecule has 0 fully saturated rings. The van der Waals surface area contributed by atoms with Gasteiger partial charge in [0, 0.05) is 20.6 Å². The number of aromatic nitrogens is 3. The van der Waals surface area contributed by atoms with Crippen molar-refractivity contribution < 1.29 is 9.90 Å². The van der Waals surface area contributed by atoms with Crippen molar-refractivity contribution in [3.05, 3.63) is 0 Å². The fraction of sp³-hybridized carbons (Fsp3) is 0.727. The summed E-state index contributed by atoms with van der Waals surface area (Å²) >= 11 is 1.17. The molecule has 0 bridgehead atoms. The average Bonchev–Trinajstić information content (AvgIpc) is 2.54. The van der Waals surface area contributed by atoms with Gasteiger partial charge in [0.25, 0.3) is 0 Å². The maximum Gasteiger partial charge on any atom is 0.313 e. The summed E-state index contributed by atoms with van der Waals surface area (Å²) in [4.78, 5) is 12.5. The lowest BCUT2D eigenvalue weighted by atomic mass is 9.96. The van der Waals surface area contributed by atoms with Gasteiger partial charge in [0.1, 0.15) is 0 Å². The van der Waals surface area contributed by atoms with Gasteiger partial charge in [-0.1, -0.05) is 32.5 Å². The number of rotatable bonds is 5. The molecule has 0 aliphatic carbocycles. The van der Waals surface area contributed by atoms with Crippen molar-refractivity contribution in [2.24, 2.45) is 12.5 Å². The number of aliphatic carboxylic acids is 1. The largest absolute Gasteiger partial charge is 0.481 e. The summed E-state index contributed by atoms with van der Waals surface area (Å²) in [5, 5.41) is 17.4. The van der Waals surface area contributed by atoms with Crippen molar-refractivity contribution in [1.82, 2.24) is 14.8 Å². The number of thioether (sulfide) groups is 1. The van der Waals surface area contributed by atoms with Crippen molar-refractivity contribution in [1.29, 1.82) is 0 Å². The highest BCUT2D eigenvalue weighted by atomic mass is 32.2. The zero-order valence-corrected chi connectivity index (χ0v) is 12.3. The Bertz CT molecular complexity index is 425. The summed E-state index contributed by atoms with van der Waals surface area (Å²) in [5.41, 5.74) is 0.162. The molecule has 1 N–H and O–H groups in total. The van der Waals surface area contributed by atoms with Crippen LogP contribution in [-0.4, -0.2) is 45.2 Å². The number of nitrogens with zero attached hydrogens (tertiary/aromatic N) is 4. The molecule has 0 aliphatic heterocycles. The molecule has 6 nitrogen and oxygen atoms in total. The van der Waals surface area contributed by atoms with E-state index in [4.69, 9.17) is 5.11 Å². The van der Waals surface area contributed by atoms with Crippen molar-refractivity contribution in [2.45, 2.75) is 25.9 Å². The van der Waals surface area contributed by atoms with E-state index in [0.717, 1.165) is 12.5 Å². The lowest BCUT2D eigenvalue weighted by Crippen LogP contribution is -2.31. The second-order valence-corrected chi connectivity index (χ2v) is 6.38. The predicted molar refractivity (Wildman–Crippen MR) is 72.1 cm³/mol. The van der Waals surface area contributed by atoms with Gasteiger partial charge in [-0.2, -0.15) is 0 Å². The zero-order valence-electron chi connectivity index (χ0n) is 11.5. The van der Waals surface area contributed by atoms with E-state index in [1.807, 2.05) is 23.6 Å². The van der Waals surface area contributed by atoms with Crippen LogP contribution in [0.3, 0.4) is 0 Å². The van der Waals surface area contributed by atoms with Crippen LogP contribution >= 0.6 is 11.8 Å². The van der Waals surface area contributed by atoms with Crippen LogP contribution in [0.2, 0.25) is 0 Å². The summed E-state index contributed by atoms with van der Waals surface area (Å²) in [5.74, 6) is -0.111. The van der Waals surface area contributed by atoms with E-state index in [1.165, 1.54) is 11.8 Å². The predicted octanol–water partition coefficient (Wildman–Crippen LogP) is 1.47. The molecular formula is C11H20N4O2S. The minimum atomic E-state index is -0.854. The Balaban J connectivity index is 2.76. The molecule has 0 saturated carbocycles. The first kappa shape index (κ1) is 14.8. The third-order valence-electron chi connectivity index (χ3n) is 2.19. The molecule has 18 heavy (non-hydrogen) atoms. The zero-order chi connectivity index (χ0) is 13.9. The van der Waals surface area contributed by atoms with E-state index in [0.29, 0.717) is 5.16 Å². The number of hydrogen-bond acceptors (Lipinski definition) is 5. The second kappa shape index (κ2) is 5.60. The summed E-state index contributed by atoms with van der Waals surface area (Å²) in [6.07, 6.45) is 0. The topological polar surface area (TPSA) is 71.2 Å². The SMILES string of the molecule is CN(CC(C)(C)C)c1nnc(SCC(=O)O)n1C. The third-order valence-corrected chi connectivity index (χ3v) is 3.19. The molecular weight excluding hydrogens is 252 g/mol. The van der Waals surface area contributed by atoms with Crippen LogP contribution in [0.4, 0.5) is 5.95 Å². The number of hydrogen-bond donors (Lipinski definition) is 1. The molecule has 1 rings (SSSR count). The minimum absolute atomic E-state index is 0.00500. The van der Waals surface area contributed by atoms with Gasteiger partial charge in [0.05, 0.1) is 5.75 Å². The Morgan fingerprint density at radius 3 is 2.56 bits per heavy atom. The van der Waals surface area contributed by atoms with Crippen LogP contribution in [0.15, 0.2) is 5.16 Å². The molecule has 0 aromatic carbocycles. The fourth-order valence-electron chi connectivity index (χ4n) is 1.67. The summed E-state index contributed by atoms with van der Waals surface area (Å²) in [6, 6.07) is 0. The molecule has 0 amide bonds. The van der Waals surface area contributed by atoms with E-state index >= 15 is 0 Å². The Morgan fingerprint density at radius 1 is 1.44 bits per heavy atom. The first-order chi connectivity index (χ1) is 8.20. The smallest absolute Gasteiger partial charge is 0.313 e. The Kier molecular flexibility index (Phi) is 4.61. The quantitative estimate of drug-likeness (QED) is 0.819. The van der Waals surface area contributed by atoms with Crippen molar-refractivity contribution in [3.8, 4) is 0 Å². The first-order valence-electron chi connectivity index (χ1n) is 5.66. The van der Waals surface area contributed by atoms with Crippen LogP contribution in [0.1, 0.15) is 20.8 Å². The van der Waals surface area contributed by atoms with Gasteiger partial charge in [0.2, 0.25) is 5.95 Å². The van der Waals surface area contributed by atoms with E-state index in [-0.39, 0.29) is 11.2 Å². The first-order valence-corrected chi connectivity index (χ1v) is 6.64. The maximum atomic E-state index is 10.5. The van der Waals surface area contributed by atoms with Crippen LogP contribution in [0.25, 0.3) is 0 Å². The number of carbonyl (C=O) groups is 1. The number of carboxylic acid groups (broad SMARTS) is 1. The molecule has 0 radical (unpaired) electrons. The molecule has 0 unspecified atom stereocenters. The van der Waals surface area contributed by atoms with Gasteiger partial charge in [-0.3, -0.25) is 9.36 Å². The van der Waals surface area contributed by atoms with Gasteiger partial charge in [0.15, 0.2) is 5.16 Å². The highest BCUT2D eigenvalue weighted by Gasteiger charge is 2.19. The van der Waals surface area contributed by atoms with Crippen LogP contribution in [-0.2, 0) is 11.8 Å². The van der Waals surface area contributed by atoms with E-state index < -0.39 is 5.97 Å². The molecule has 7 heteroatoms. The molecule has 0 spiro atoms. The third kappa shape index (κ3) is 4.21. The number of carboxylic acids is 1. The van der Waals surface area contributed by atoms with E-state index in [9.17, 15) is 4.79 Å². The normalized spacial score (nSPS) is 11.6. The van der Waals surface area contributed by atoms with Gasteiger partial charge >= 0.3 is 5.97 Å². The summed E-state index contributed by atoms with van der Waals surface area (Å²) < 4.78 is 1.82. The molecule has 1 heterocycles. The van der Waals surface area contributed by atoms with Crippen LogP contribution in [0, 0.1) is 5.41 Å². The average molecular weight is 272 g/mol. The number of anilines is 1. The lowest BCUT2D eigenvalue weighted by molar-refractivity contribution is -0.133. The molecule has 0 atom stereocenters. The molecule has 1 aromatic rings. The van der Waals surface area contributed by atoms with E-state index in [2.05, 4.69) is 31.0 Å². The van der Waals surface area contributed by atoms with Gasteiger partial charge in [-0.05, 0) is 5.41 Å². The Labute approximate surface area is 111 Å². The van der Waals surface area contributed by atoms with Gasteiger partial charge < -0.3 is 10.0 Å². The Hall–Kier alpha value is -1.24. The maximum absolute atomic E-state index is 10.5. The van der Waals surface area contributed by atoms with Crippen molar-refractivity contribution in [2.75, 3.05) is 24.2 Å². The van der Waals surface area contributed by atoms with E-state index in [1.54, 1.807) is 0 Å². The minimum Gasteiger partial charge on any atom is -0.481 e. The summed E-state index contributed by atoms with van der Waals surface area (Å²) in [6.45, 7) is 7.31. The standard InChI is InChI=1S/C11H20N4O2S/c1-11(2,3)7-14(4)9-12-13-10(15(9)5)18-6-8(16)17/h6-7H2,1-5H3,(H,16,17). The van der Waals surface area contributed by atoms with Crippen LogP contribution < -0.4 is 4.90 Å². The monoisotopic (exact) mass is 272 g/mol. The fourth-order valence-corrected chi connectivity index (χ4v) is 2.30. The van der Waals surface area contributed by atoms with Gasteiger partial charge in [-0.15, -0.1) is 10.2 Å². The van der Waals surface area contributed by atoms with Crippen molar-refractivity contribution in [3.63, 3.8) is 0 Å². The molecule has 1 aromatic heterocycles. The lowest BCUT2D eigenvalue weighted by Gasteiger charge is -2.26. The molecule has 0 aliphatic rings. The second-order valence-electron chi connectivity index (χ2n) is 5.44. The highest BCUT2D eigenvalue weighted by Crippen LogP contribution is 2.22. The molecule has 102 valence electrons. The molecule has 0 saturated heterocycles.